The summed E-state index contributed by atoms with van der Waals surface area (Å²) in [6.07, 6.45) is -0.611. The van der Waals surface area contributed by atoms with Gasteiger partial charge in [-0.2, -0.15) is 0 Å². The first-order valence-electron chi connectivity index (χ1n) is 6.36. The SMILES string of the molecule is CC(C)(C)OC(=O)Nc1ccc(C(CN)C(=O)O)c(Cl)c1. The fraction of sp³-hybridized carbons (Fsp3) is 0.429. The zero-order chi connectivity index (χ0) is 16.2. The van der Waals surface area contributed by atoms with Crippen molar-refractivity contribution >= 4 is 29.4 Å². The van der Waals surface area contributed by atoms with Gasteiger partial charge in [0.25, 0.3) is 0 Å². The molecular formula is C14H19ClN2O4. The third-order valence-electron chi connectivity index (χ3n) is 2.55. The predicted octanol–water partition coefficient (Wildman–Crippen LogP) is 2.81. The lowest BCUT2D eigenvalue weighted by Gasteiger charge is -2.20. The maximum atomic E-state index is 11.6. The Labute approximate surface area is 128 Å². The van der Waals surface area contributed by atoms with E-state index in [0.29, 0.717) is 11.3 Å². The van der Waals surface area contributed by atoms with Gasteiger partial charge in [-0.05, 0) is 38.5 Å². The molecule has 21 heavy (non-hydrogen) atoms. The minimum absolute atomic E-state index is 0.0616. The molecule has 0 fully saturated rings. The molecule has 1 aromatic carbocycles. The molecule has 1 amide bonds. The fourth-order valence-electron chi connectivity index (χ4n) is 1.67. The van der Waals surface area contributed by atoms with Crippen LogP contribution in [0, 0.1) is 0 Å². The van der Waals surface area contributed by atoms with Crippen LogP contribution in [0.1, 0.15) is 32.3 Å². The van der Waals surface area contributed by atoms with Crippen LogP contribution >= 0.6 is 11.6 Å². The van der Waals surface area contributed by atoms with E-state index in [-0.39, 0.29) is 11.6 Å². The molecule has 1 rings (SSSR count). The quantitative estimate of drug-likeness (QED) is 0.793. The number of halogens is 1. The van der Waals surface area contributed by atoms with Crippen LogP contribution in [0.25, 0.3) is 0 Å². The van der Waals surface area contributed by atoms with Crippen LogP contribution in [0.2, 0.25) is 5.02 Å². The van der Waals surface area contributed by atoms with Gasteiger partial charge in [0.1, 0.15) is 5.60 Å². The van der Waals surface area contributed by atoms with Crippen molar-refractivity contribution < 1.29 is 19.4 Å². The summed E-state index contributed by atoms with van der Waals surface area (Å²) >= 11 is 6.05. The summed E-state index contributed by atoms with van der Waals surface area (Å²) in [5, 5.41) is 11.8. The number of carboxylic acids is 1. The van der Waals surface area contributed by atoms with Crippen molar-refractivity contribution in [2.45, 2.75) is 32.3 Å². The number of carbonyl (C=O) groups excluding carboxylic acids is 1. The number of nitrogens with one attached hydrogen (secondary N) is 1. The maximum absolute atomic E-state index is 11.6. The third-order valence-corrected chi connectivity index (χ3v) is 2.88. The van der Waals surface area contributed by atoms with Crippen LogP contribution in [0.3, 0.4) is 0 Å². The summed E-state index contributed by atoms with van der Waals surface area (Å²) in [5.74, 6) is -1.93. The van der Waals surface area contributed by atoms with Gasteiger partial charge in [0.15, 0.2) is 0 Å². The van der Waals surface area contributed by atoms with E-state index in [4.69, 9.17) is 27.2 Å². The number of nitrogens with two attached hydrogens (primary N) is 1. The average molecular weight is 315 g/mol. The number of aliphatic carboxylic acids is 1. The second-order valence-corrected chi connectivity index (χ2v) is 5.90. The first kappa shape index (κ1) is 17.3. The Kier molecular flexibility index (Phi) is 5.57. The molecule has 0 aliphatic carbocycles. The Bertz CT molecular complexity index is 540. The highest BCUT2D eigenvalue weighted by Crippen LogP contribution is 2.27. The number of carbonyl (C=O) groups is 2. The summed E-state index contributed by atoms with van der Waals surface area (Å²) in [5.41, 5.74) is 5.64. The van der Waals surface area contributed by atoms with Crippen LogP contribution in [-0.4, -0.2) is 29.3 Å². The molecule has 1 aromatic rings. The van der Waals surface area contributed by atoms with Gasteiger partial charge in [-0.15, -0.1) is 0 Å². The van der Waals surface area contributed by atoms with Gasteiger partial charge in [0, 0.05) is 17.3 Å². The van der Waals surface area contributed by atoms with E-state index >= 15 is 0 Å². The number of carboxylic acid groups (broad SMARTS) is 1. The van der Waals surface area contributed by atoms with Crippen LogP contribution in [0.5, 0.6) is 0 Å². The first-order valence-corrected chi connectivity index (χ1v) is 6.74. The largest absolute Gasteiger partial charge is 0.481 e. The van der Waals surface area contributed by atoms with Crippen LogP contribution in [0.4, 0.5) is 10.5 Å². The number of ether oxygens (including phenoxy) is 1. The van der Waals surface area contributed by atoms with Gasteiger partial charge < -0.3 is 15.6 Å². The maximum Gasteiger partial charge on any atom is 0.412 e. The Morgan fingerprint density at radius 2 is 2.05 bits per heavy atom. The summed E-state index contributed by atoms with van der Waals surface area (Å²) in [4.78, 5) is 22.7. The van der Waals surface area contributed by atoms with Gasteiger partial charge in [-0.1, -0.05) is 17.7 Å². The molecule has 0 aliphatic rings. The molecule has 0 bridgehead atoms. The minimum atomic E-state index is -1.05. The van der Waals surface area contributed by atoms with E-state index < -0.39 is 23.6 Å². The number of amides is 1. The average Bonchev–Trinajstić information content (AvgIpc) is 2.29. The topological polar surface area (TPSA) is 102 Å². The van der Waals surface area contributed by atoms with Gasteiger partial charge in [0.05, 0.1) is 5.92 Å². The second kappa shape index (κ2) is 6.78. The van der Waals surface area contributed by atoms with Gasteiger partial charge in [-0.3, -0.25) is 10.1 Å². The van der Waals surface area contributed by atoms with Crippen molar-refractivity contribution in [3.05, 3.63) is 28.8 Å². The van der Waals surface area contributed by atoms with Crippen molar-refractivity contribution in [1.82, 2.24) is 0 Å². The summed E-state index contributed by atoms with van der Waals surface area (Å²) < 4.78 is 5.11. The molecule has 0 heterocycles. The third kappa shape index (κ3) is 5.24. The lowest BCUT2D eigenvalue weighted by atomic mass is 9.99. The molecule has 1 unspecified atom stereocenters. The minimum Gasteiger partial charge on any atom is -0.481 e. The standard InChI is InChI=1S/C14H19ClN2O4/c1-14(2,3)21-13(20)17-8-4-5-9(11(15)6-8)10(7-16)12(18)19/h4-6,10H,7,16H2,1-3H3,(H,17,20)(H,18,19). The van der Waals surface area contributed by atoms with Crippen molar-refractivity contribution in [2.24, 2.45) is 5.73 Å². The van der Waals surface area contributed by atoms with E-state index in [1.807, 2.05) is 0 Å². The normalized spacial score (nSPS) is 12.6. The highest BCUT2D eigenvalue weighted by Gasteiger charge is 2.21. The lowest BCUT2D eigenvalue weighted by molar-refractivity contribution is -0.138. The molecule has 4 N–H and O–H groups in total. The summed E-state index contributed by atoms with van der Waals surface area (Å²) in [7, 11) is 0. The van der Waals surface area contributed by atoms with Crippen molar-refractivity contribution in [2.75, 3.05) is 11.9 Å². The lowest BCUT2D eigenvalue weighted by Crippen LogP contribution is -2.27. The Balaban J connectivity index is 2.88. The number of hydrogen-bond donors (Lipinski definition) is 3. The Morgan fingerprint density at radius 1 is 1.43 bits per heavy atom. The molecule has 0 saturated carbocycles. The molecule has 0 saturated heterocycles. The molecule has 7 heteroatoms. The molecule has 1 atom stereocenters. The zero-order valence-corrected chi connectivity index (χ0v) is 12.9. The highest BCUT2D eigenvalue weighted by molar-refractivity contribution is 6.32. The molecule has 6 nitrogen and oxygen atoms in total. The van der Waals surface area contributed by atoms with Crippen molar-refractivity contribution in [3.63, 3.8) is 0 Å². The number of anilines is 1. The van der Waals surface area contributed by atoms with E-state index in [9.17, 15) is 9.59 Å². The Morgan fingerprint density at radius 3 is 2.48 bits per heavy atom. The molecule has 116 valence electrons. The van der Waals surface area contributed by atoms with Crippen molar-refractivity contribution in [1.29, 1.82) is 0 Å². The molecular weight excluding hydrogens is 296 g/mol. The van der Waals surface area contributed by atoms with Crippen LogP contribution in [0.15, 0.2) is 18.2 Å². The zero-order valence-electron chi connectivity index (χ0n) is 12.1. The van der Waals surface area contributed by atoms with Crippen LogP contribution < -0.4 is 11.1 Å². The van der Waals surface area contributed by atoms with Gasteiger partial charge in [-0.25, -0.2) is 4.79 Å². The van der Waals surface area contributed by atoms with E-state index in [1.54, 1.807) is 26.8 Å². The molecule has 0 aliphatic heterocycles. The van der Waals surface area contributed by atoms with Gasteiger partial charge >= 0.3 is 12.1 Å². The second-order valence-electron chi connectivity index (χ2n) is 5.49. The molecule has 0 aromatic heterocycles. The first-order chi connectivity index (χ1) is 9.64. The molecule has 0 spiro atoms. The number of benzene rings is 1. The Hall–Kier alpha value is -1.79. The highest BCUT2D eigenvalue weighted by atomic mass is 35.5. The summed E-state index contributed by atoms with van der Waals surface area (Å²) in [6.45, 7) is 5.19. The number of hydrogen-bond acceptors (Lipinski definition) is 4. The number of rotatable bonds is 4. The van der Waals surface area contributed by atoms with Gasteiger partial charge in [0.2, 0.25) is 0 Å². The molecule has 0 radical (unpaired) electrons. The van der Waals surface area contributed by atoms with Crippen molar-refractivity contribution in [3.8, 4) is 0 Å². The van der Waals surface area contributed by atoms with E-state index in [0.717, 1.165) is 0 Å². The van der Waals surface area contributed by atoms with Crippen LogP contribution in [-0.2, 0) is 9.53 Å². The monoisotopic (exact) mass is 314 g/mol. The summed E-state index contributed by atoms with van der Waals surface area (Å²) in [6, 6.07) is 4.55. The van der Waals surface area contributed by atoms with E-state index in [1.165, 1.54) is 12.1 Å². The van der Waals surface area contributed by atoms with E-state index in [2.05, 4.69) is 5.32 Å². The smallest absolute Gasteiger partial charge is 0.412 e. The predicted molar refractivity (Wildman–Crippen MR) is 80.7 cm³/mol. The fourth-order valence-corrected chi connectivity index (χ4v) is 1.98.